The van der Waals surface area contributed by atoms with Gasteiger partial charge in [0.1, 0.15) is 0 Å². The lowest BCUT2D eigenvalue weighted by atomic mass is 10.1. The molecule has 1 aromatic carbocycles. The molecule has 0 atom stereocenters. The maximum absolute atomic E-state index is 12.2. The molecule has 2 rings (SSSR count). The number of rotatable bonds is 6. The first-order valence-electron chi connectivity index (χ1n) is 7.41. The molecule has 5 nitrogen and oxygen atoms in total. The lowest BCUT2D eigenvalue weighted by Gasteiger charge is -2.07. The van der Waals surface area contributed by atoms with Crippen molar-refractivity contribution in [1.29, 1.82) is 0 Å². The van der Waals surface area contributed by atoms with E-state index in [1.807, 2.05) is 24.3 Å². The van der Waals surface area contributed by atoms with Gasteiger partial charge in [-0.05, 0) is 24.5 Å². The SMILES string of the molecule is CC(C)CCNC(=O)CCn1c(=O)n(C)c2ccccc21. The lowest BCUT2D eigenvalue weighted by Crippen LogP contribution is -2.29. The Morgan fingerprint density at radius 1 is 1.24 bits per heavy atom. The Labute approximate surface area is 124 Å². The van der Waals surface area contributed by atoms with Gasteiger partial charge in [-0.2, -0.15) is 0 Å². The highest BCUT2D eigenvalue weighted by atomic mass is 16.2. The number of para-hydroxylation sites is 2. The van der Waals surface area contributed by atoms with E-state index < -0.39 is 0 Å². The third kappa shape index (κ3) is 3.54. The predicted octanol–water partition coefficient (Wildman–Crippen LogP) is 1.89. The highest BCUT2D eigenvalue weighted by Gasteiger charge is 2.11. The number of aryl methyl sites for hydroxylation is 2. The van der Waals surface area contributed by atoms with Crippen molar-refractivity contribution >= 4 is 16.9 Å². The van der Waals surface area contributed by atoms with Gasteiger partial charge in [0.05, 0.1) is 11.0 Å². The average molecular weight is 289 g/mol. The van der Waals surface area contributed by atoms with E-state index in [0.717, 1.165) is 17.5 Å². The lowest BCUT2D eigenvalue weighted by molar-refractivity contribution is -0.121. The zero-order valence-electron chi connectivity index (χ0n) is 12.9. The van der Waals surface area contributed by atoms with Gasteiger partial charge in [0.15, 0.2) is 0 Å². The third-order valence-electron chi connectivity index (χ3n) is 3.66. The molecular weight excluding hydrogens is 266 g/mol. The number of imidazole rings is 1. The Kier molecular flexibility index (Phi) is 4.83. The summed E-state index contributed by atoms with van der Waals surface area (Å²) in [6, 6.07) is 7.63. The molecule has 0 fully saturated rings. The molecule has 0 aliphatic heterocycles. The van der Waals surface area contributed by atoms with Gasteiger partial charge < -0.3 is 5.32 Å². The molecule has 0 unspecified atom stereocenters. The van der Waals surface area contributed by atoms with Gasteiger partial charge >= 0.3 is 5.69 Å². The molecule has 0 radical (unpaired) electrons. The zero-order chi connectivity index (χ0) is 15.4. The number of amides is 1. The summed E-state index contributed by atoms with van der Waals surface area (Å²) >= 11 is 0. The van der Waals surface area contributed by atoms with Gasteiger partial charge in [-0.25, -0.2) is 4.79 Å². The van der Waals surface area contributed by atoms with Gasteiger partial charge in [0.2, 0.25) is 5.91 Å². The minimum absolute atomic E-state index is 0.00418. The Balaban J connectivity index is 2.02. The van der Waals surface area contributed by atoms with E-state index in [2.05, 4.69) is 19.2 Å². The quantitative estimate of drug-likeness (QED) is 0.883. The van der Waals surface area contributed by atoms with Crippen LogP contribution in [0.3, 0.4) is 0 Å². The molecule has 0 saturated carbocycles. The number of carbonyl (C=O) groups is 1. The number of aromatic nitrogens is 2. The summed E-state index contributed by atoms with van der Waals surface area (Å²) in [6.45, 7) is 5.36. The number of nitrogens with zero attached hydrogens (tertiary/aromatic N) is 2. The summed E-state index contributed by atoms with van der Waals surface area (Å²) in [4.78, 5) is 24.0. The molecule has 2 aromatic rings. The first-order valence-corrected chi connectivity index (χ1v) is 7.41. The van der Waals surface area contributed by atoms with Crippen molar-refractivity contribution in [1.82, 2.24) is 14.5 Å². The van der Waals surface area contributed by atoms with Crippen LogP contribution in [0.4, 0.5) is 0 Å². The van der Waals surface area contributed by atoms with Gasteiger partial charge in [-0.1, -0.05) is 26.0 Å². The van der Waals surface area contributed by atoms with Crippen molar-refractivity contribution in [2.45, 2.75) is 33.2 Å². The summed E-state index contributed by atoms with van der Waals surface area (Å²) in [6.07, 6.45) is 1.30. The van der Waals surface area contributed by atoms with Gasteiger partial charge in [-0.15, -0.1) is 0 Å². The molecule has 0 aliphatic carbocycles. The molecule has 5 heteroatoms. The van der Waals surface area contributed by atoms with Crippen molar-refractivity contribution in [3.63, 3.8) is 0 Å². The van der Waals surface area contributed by atoms with Crippen molar-refractivity contribution in [3.8, 4) is 0 Å². The summed E-state index contributed by atoms with van der Waals surface area (Å²) in [5.74, 6) is 0.571. The minimum Gasteiger partial charge on any atom is -0.356 e. The third-order valence-corrected chi connectivity index (χ3v) is 3.66. The molecule has 1 amide bonds. The van der Waals surface area contributed by atoms with Gasteiger partial charge in [0.25, 0.3) is 0 Å². The van der Waals surface area contributed by atoms with Crippen LogP contribution in [0.25, 0.3) is 11.0 Å². The number of fused-ring (bicyclic) bond motifs is 1. The first kappa shape index (κ1) is 15.4. The molecule has 0 aliphatic rings. The van der Waals surface area contributed by atoms with Crippen LogP contribution in [-0.2, 0) is 18.4 Å². The summed E-state index contributed by atoms with van der Waals surface area (Å²) < 4.78 is 3.28. The Bertz CT molecular complexity index is 682. The maximum Gasteiger partial charge on any atom is 0.328 e. The van der Waals surface area contributed by atoms with Gasteiger partial charge in [0, 0.05) is 26.6 Å². The molecular formula is C16H23N3O2. The second-order valence-corrected chi connectivity index (χ2v) is 5.76. The Hall–Kier alpha value is -2.04. The number of nitrogens with one attached hydrogen (secondary N) is 1. The normalized spacial score (nSPS) is 11.2. The van der Waals surface area contributed by atoms with Crippen LogP contribution in [0.15, 0.2) is 29.1 Å². The molecule has 0 bridgehead atoms. The van der Waals surface area contributed by atoms with Crippen LogP contribution in [0.5, 0.6) is 0 Å². The number of benzene rings is 1. The maximum atomic E-state index is 12.2. The second kappa shape index (κ2) is 6.61. The van der Waals surface area contributed by atoms with Crippen LogP contribution in [-0.4, -0.2) is 21.6 Å². The summed E-state index contributed by atoms with van der Waals surface area (Å²) in [5.41, 5.74) is 1.69. The van der Waals surface area contributed by atoms with Crippen LogP contribution in [0, 0.1) is 5.92 Å². The van der Waals surface area contributed by atoms with E-state index in [4.69, 9.17) is 0 Å². The number of hydrogen-bond acceptors (Lipinski definition) is 2. The summed E-state index contributed by atoms with van der Waals surface area (Å²) in [7, 11) is 1.75. The molecule has 1 aromatic heterocycles. The minimum atomic E-state index is -0.0776. The van der Waals surface area contributed by atoms with E-state index in [1.165, 1.54) is 0 Å². The van der Waals surface area contributed by atoms with Crippen molar-refractivity contribution in [2.75, 3.05) is 6.54 Å². The van der Waals surface area contributed by atoms with E-state index in [0.29, 0.717) is 25.4 Å². The Morgan fingerprint density at radius 2 is 1.90 bits per heavy atom. The van der Waals surface area contributed by atoms with E-state index in [-0.39, 0.29) is 11.6 Å². The van der Waals surface area contributed by atoms with Crippen LogP contribution >= 0.6 is 0 Å². The number of hydrogen-bond donors (Lipinski definition) is 1. The average Bonchev–Trinajstić information content (AvgIpc) is 2.69. The van der Waals surface area contributed by atoms with Crippen molar-refractivity contribution in [2.24, 2.45) is 13.0 Å². The van der Waals surface area contributed by atoms with Crippen LogP contribution in [0.2, 0.25) is 0 Å². The Morgan fingerprint density at radius 3 is 2.57 bits per heavy atom. The summed E-state index contributed by atoms with van der Waals surface area (Å²) in [5, 5.41) is 2.90. The molecule has 21 heavy (non-hydrogen) atoms. The molecule has 0 saturated heterocycles. The number of carbonyl (C=O) groups excluding carboxylic acids is 1. The monoisotopic (exact) mass is 289 g/mol. The van der Waals surface area contributed by atoms with Gasteiger partial charge in [-0.3, -0.25) is 13.9 Å². The fourth-order valence-electron chi connectivity index (χ4n) is 2.38. The highest BCUT2D eigenvalue weighted by Crippen LogP contribution is 2.11. The second-order valence-electron chi connectivity index (χ2n) is 5.76. The molecule has 114 valence electrons. The van der Waals surface area contributed by atoms with Crippen LogP contribution < -0.4 is 11.0 Å². The molecule has 1 heterocycles. The molecule has 1 N–H and O–H groups in total. The fourth-order valence-corrected chi connectivity index (χ4v) is 2.38. The van der Waals surface area contributed by atoms with Crippen molar-refractivity contribution < 1.29 is 4.79 Å². The largest absolute Gasteiger partial charge is 0.356 e. The van der Waals surface area contributed by atoms with E-state index in [1.54, 1.807) is 16.2 Å². The standard InChI is InChI=1S/C16H23N3O2/c1-12(2)8-10-17-15(20)9-11-19-14-7-5-4-6-13(14)18(3)16(19)21/h4-7,12H,8-11H2,1-3H3,(H,17,20). The fraction of sp³-hybridized carbons (Fsp3) is 0.500. The molecule has 0 spiro atoms. The van der Waals surface area contributed by atoms with E-state index in [9.17, 15) is 9.59 Å². The van der Waals surface area contributed by atoms with Crippen molar-refractivity contribution in [3.05, 3.63) is 34.7 Å². The first-order chi connectivity index (χ1) is 10.0. The van der Waals surface area contributed by atoms with Crippen LogP contribution in [0.1, 0.15) is 26.7 Å². The van der Waals surface area contributed by atoms with E-state index >= 15 is 0 Å². The predicted molar refractivity (Wildman–Crippen MR) is 84.3 cm³/mol. The smallest absolute Gasteiger partial charge is 0.328 e. The topological polar surface area (TPSA) is 56.0 Å². The zero-order valence-corrected chi connectivity index (χ0v) is 12.9. The highest BCUT2D eigenvalue weighted by molar-refractivity contribution is 5.77.